The highest BCUT2D eigenvalue weighted by Gasteiger charge is 2.14. The lowest BCUT2D eigenvalue weighted by atomic mass is 10.1. The summed E-state index contributed by atoms with van der Waals surface area (Å²) in [6.07, 6.45) is 1.49. The number of aryl methyl sites for hydroxylation is 1. The molecular weight excluding hydrogens is 347 g/mol. The molecule has 0 aliphatic rings. The number of halogens is 2. The van der Waals surface area contributed by atoms with Crippen molar-refractivity contribution in [3.05, 3.63) is 63.1 Å². The van der Waals surface area contributed by atoms with Crippen molar-refractivity contribution in [1.82, 2.24) is 0 Å². The van der Waals surface area contributed by atoms with Gasteiger partial charge in [0.1, 0.15) is 17.4 Å². The summed E-state index contributed by atoms with van der Waals surface area (Å²) in [6.45, 7) is 1.81. The number of carbonyl (C=O) groups is 1. The van der Waals surface area contributed by atoms with Crippen LogP contribution < -0.4 is 10.1 Å². The molecule has 0 fully saturated rings. The second kappa shape index (κ2) is 7.87. The lowest BCUT2D eigenvalue weighted by Crippen LogP contribution is -2.14. The first-order valence-electron chi connectivity index (χ1n) is 6.97. The molecule has 2 aromatic rings. The molecule has 2 rings (SSSR count). The maximum Gasteiger partial charge on any atom is 0.266 e. The number of nitrogens with one attached hydrogen (secondary N) is 1. The lowest BCUT2D eigenvalue weighted by Gasteiger charge is -2.12. The van der Waals surface area contributed by atoms with Crippen LogP contribution in [0, 0.1) is 18.3 Å². The Balaban J connectivity index is 2.29. The Morgan fingerprint density at radius 3 is 2.50 bits per heavy atom. The molecule has 0 saturated carbocycles. The first-order valence-corrected chi connectivity index (χ1v) is 7.73. The molecule has 0 aliphatic heterocycles. The third kappa shape index (κ3) is 4.29. The average molecular weight is 361 g/mol. The molecule has 6 heteroatoms. The number of nitrogens with zero attached hydrogens (tertiary/aromatic N) is 1. The van der Waals surface area contributed by atoms with Crippen LogP contribution in [0.5, 0.6) is 5.75 Å². The van der Waals surface area contributed by atoms with E-state index < -0.39 is 5.91 Å². The number of nitriles is 1. The van der Waals surface area contributed by atoms with Crippen molar-refractivity contribution in [2.24, 2.45) is 0 Å². The summed E-state index contributed by atoms with van der Waals surface area (Å²) in [5.74, 6) is -0.116. The van der Waals surface area contributed by atoms with Gasteiger partial charge in [-0.1, -0.05) is 35.3 Å². The third-order valence-electron chi connectivity index (χ3n) is 3.28. The van der Waals surface area contributed by atoms with Gasteiger partial charge in [0.05, 0.1) is 12.8 Å². The van der Waals surface area contributed by atoms with Crippen LogP contribution in [0.3, 0.4) is 0 Å². The average Bonchev–Trinajstić information content (AvgIpc) is 2.57. The summed E-state index contributed by atoms with van der Waals surface area (Å²) in [6, 6.07) is 12.0. The second-order valence-electron chi connectivity index (χ2n) is 4.98. The molecule has 0 aliphatic carbocycles. The molecule has 1 N–H and O–H groups in total. The number of benzene rings is 2. The Hall–Kier alpha value is -2.48. The highest BCUT2D eigenvalue weighted by molar-refractivity contribution is 6.31. The maximum atomic E-state index is 12.4. The number of ether oxygens (including phenoxy) is 1. The van der Waals surface area contributed by atoms with Gasteiger partial charge < -0.3 is 10.1 Å². The highest BCUT2D eigenvalue weighted by Crippen LogP contribution is 2.31. The summed E-state index contributed by atoms with van der Waals surface area (Å²) in [7, 11) is 1.48. The number of anilines is 1. The maximum absolute atomic E-state index is 12.4. The number of hydrogen-bond acceptors (Lipinski definition) is 3. The first kappa shape index (κ1) is 17.9. The van der Waals surface area contributed by atoms with Crippen LogP contribution in [0.2, 0.25) is 10.0 Å². The van der Waals surface area contributed by atoms with E-state index in [0.717, 1.165) is 5.56 Å². The SMILES string of the molecule is COc1cc(Cl)c(C)cc1NC(=O)/C(C#N)=C/c1ccc(Cl)cc1. The molecule has 1 amide bonds. The molecule has 122 valence electrons. The molecule has 0 atom stereocenters. The highest BCUT2D eigenvalue weighted by atomic mass is 35.5. The van der Waals surface area contributed by atoms with Crippen LogP contribution in [-0.4, -0.2) is 13.0 Å². The van der Waals surface area contributed by atoms with Gasteiger partial charge in [0.15, 0.2) is 0 Å². The summed E-state index contributed by atoms with van der Waals surface area (Å²) in [5, 5.41) is 13.0. The van der Waals surface area contributed by atoms with Crippen LogP contribution in [-0.2, 0) is 4.79 Å². The van der Waals surface area contributed by atoms with Crippen LogP contribution in [0.4, 0.5) is 5.69 Å². The van der Waals surface area contributed by atoms with Crippen molar-refractivity contribution in [3.63, 3.8) is 0 Å². The Labute approximate surface area is 150 Å². The van der Waals surface area contributed by atoms with Gasteiger partial charge in [-0.25, -0.2) is 0 Å². The second-order valence-corrected chi connectivity index (χ2v) is 5.82. The largest absolute Gasteiger partial charge is 0.495 e. The molecule has 4 nitrogen and oxygen atoms in total. The minimum Gasteiger partial charge on any atom is -0.495 e. The Morgan fingerprint density at radius 2 is 1.92 bits per heavy atom. The van der Waals surface area contributed by atoms with E-state index in [9.17, 15) is 10.1 Å². The fourth-order valence-corrected chi connectivity index (χ4v) is 2.27. The molecule has 0 bridgehead atoms. The van der Waals surface area contributed by atoms with Crippen molar-refractivity contribution in [1.29, 1.82) is 5.26 Å². The lowest BCUT2D eigenvalue weighted by molar-refractivity contribution is -0.112. The quantitative estimate of drug-likeness (QED) is 0.625. The molecule has 24 heavy (non-hydrogen) atoms. The Bertz CT molecular complexity index is 837. The van der Waals surface area contributed by atoms with Gasteiger partial charge in [-0.3, -0.25) is 4.79 Å². The van der Waals surface area contributed by atoms with E-state index in [1.807, 2.05) is 13.0 Å². The smallest absolute Gasteiger partial charge is 0.266 e. The Kier molecular flexibility index (Phi) is 5.86. The van der Waals surface area contributed by atoms with E-state index >= 15 is 0 Å². The standard InChI is InChI=1S/C18H14Cl2N2O2/c1-11-7-16(17(24-2)9-15(11)20)22-18(23)13(10-21)8-12-3-5-14(19)6-4-12/h3-9H,1-2H3,(H,22,23)/b13-8+. The minimum absolute atomic E-state index is 0.0352. The van der Waals surface area contributed by atoms with Crippen LogP contribution >= 0.6 is 23.2 Å². The number of methoxy groups -OCH3 is 1. The van der Waals surface area contributed by atoms with Gasteiger partial charge in [-0.2, -0.15) is 5.26 Å². The molecule has 2 aromatic carbocycles. The van der Waals surface area contributed by atoms with E-state index in [1.165, 1.54) is 13.2 Å². The van der Waals surface area contributed by atoms with E-state index in [2.05, 4.69) is 5.32 Å². The zero-order valence-corrected chi connectivity index (χ0v) is 14.6. The molecule has 0 unspecified atom stereocenters. The van der Waals surface area contributed by atoms with Gasteiger partial charge in [-0.05, 0) is 42.3 Å². The third-order valence-corrected chi connectivity index (χ3v) is 3.93. The normalized spacial score (nSPS) is 10.9. The zero-order valence-electron chi connectivity index (χ0n) is 13.1. The van der Waals surface area contributed by atoms with Gasteiger partial charge in [0, 0.05) is 16.1 Å². The van der Waals surface area contributed by atoms with Crippen molar-refractivity contribution in [2.75, 3.05) is 12.4 Å². The predicted octanol–water partition coefficient (Wildman–Crippen LogP) is 4.86. The summed E-state index contributed by atoms with van der Waals surface area (Å²) >= 11 is 11.9. The van der Waals surface area contributed by atoms with Gasteiger partial charge in [0.2, 0.25) is 0 Å². The Morgan fingerprint density at radius 1 is 1.25 bits per heavy atom. The summed E-state index contributed by atoms with van der Waals surface area (Å²) in [5.41, 5.74) is 1.90. The van der Waals surface area contributed by atoms with Gasteiger partial charge in [0.25, 0.3) is 5.91 Å². The molecule has 0 heterocycles. The van der Waals surface area contributed by atoms with Crippen LogP contribution in [0.1, 0.15) is 11.1 Å². The molecule has 0 saturated heterocycles. The fourth-order valence-electron chi connectivity index (χ4n) is 1.99. The predicted molar refractivity (Wildman–Crippen MR) is 96.4 cm³/mol. The van der Waals surface area contributed by atoms with Gasteiger partial charge in [-0.15, -0.1) is 0 Å². The van der Waals surface area contributed by atoms with Gasteiger partial charge >= 0.3 is 0 Å². The molecular formula is C18H14Cl2N2O2. The monoisotopic (exact) mass is 360 g/mol. The number of carbonyl (C=O) groups excluding carboxylic acids is 1. The van der Waals surface area contributed by atoms with Crippen molar-refractivity contribution < 1.29 is 9.53 Å². The van der Waals surface area contributed by atoms with E-state index in [4.69, 9.17) is 27.9 Å². The van der Waals surface area contributed by atoms with E-state index in [1.54, 1.807) is 36.4 Å². The number of rotatable bonds is 4. The topological polar surface area (TPSA) is 62.1 Å². The van der Waals surface area contributed by atoms with E-state index in [-0.39, 0.29) is 5.57 Å². The van der Waals surface area contributed by atoms with Crippen LogP contribution in [0.15, 0.2) is 42.0 Å². The number of hydrogen-bond donors (Lipinski definition) is 1. The van der Waals surface area contributed by atoms with Crippen molar-refractivity contribution in [2.45, 2.75) is 6.92 Å². The molecule has 0 radical (unpaired) electrons. The van der Waals surface area contributed by atoms with Crippen molar-refractivity contribution in [3.8, 4) is 11.8 Å². The van der Waals surface area contributed by atoms with E-state index in [0.29, 0.717) is 27.0 Å². The summed E-state index contributed by atoms with van der Waals surface area (Å²) < 4.78 is 5.21. The summed E-state index contributed by atoms with van der Waals surface area (Å²) in [4.78, 5) is 12.4. The zero-order chi connectivity index (χ0) is 17.7. The molecule has 0 aromatic heterocycles. The number of amides is 1. The molecule has 0 spiro atoms. The minimum atomic E-state index is -0.535. The first-order chi connectivity index (χ1) is 11.4. The van der Waals surface area contributed by atoms with Crippen molar-refractivity contribution >= 4 is 40.9 Å². The fraction of sp³-hybridized carbons (Fsp3) is 0.111. The van der Waals surface area contributed by atoms with Crippen LogP contribution in [0.25, 0.3) is 6.08 Å².